The molecule has 0 aliphatic carbocycles. The van der Waals surface area contributed by atoms with Crippen LogP contribution in [0.4, 0.5) is 23.0 Å². The van der Waals surface area contributed by atoms with Crippen molar-refractivity contribution in [3.63, 3.8) is 0 Å². The highest BCUT2D eigenvalue weighted by molar-refractivity contribution is 6.03. The quantitative estimate of drug-likeness (QED) is 0.712. The Morgan fingerprint density at radius 2 is 1.69 bits per heavy atom. The number of rotatable bonds is 4. The van der Waals surface area contributed by atoms with Crippen LogP contribution in [-0.2, 0) is 11.2 Å². The Bertz CT molecular complexity index is 1050. The average molecular weight is 387 g/mol. The summed E-state index contributed by atoms with van der Waals surface area (Å²) in [6, 6.07) is 16.7. The summed E-state index contributed by atoms with van der Waals surface area (Å²) in [6.07, 6.45) is 3.65. The number of anilines is 4. The zero-order valence-electron chi connectivity index (χ0n) is 16.1. The molecule has 7 heteroatoms. The number of carbonyl (C=O) groups is 2. The van der Waals surface area contributed by atoms with Gasteiger partial charge in [-0.15, -0.1) is 0 Å². The van der Waals surface area contributed by atoms with E-state index in [2.05, 4.69) is 37.6 Å². The van der Waals surface area contributed by atoms with Crippen LogP contribution in [0.2, 0.25) is 0 Å². The van der Waals surface area contributed by atoms with Gasteiger partial charge in [-0.05, 0) is 54.8 Å². The molecule has 2 N–H and O–H groups in total. The summed E-state index contributed by atoms with van der Waals surface area (Å²) in [5.41, 5.74) is 3.93. The monoisotopic (exact) mass is 387 g/mol. The van der Waals surface area contributed by atoms with Gasteiger partial charge in [0.2, 0.25) is 11.9 Å². The molecule has 1 aromatic heterocycles. The maximum atomic E-state index is 12.7. The van der Waals surface area contributed by atoms with Gasteiger partial charge in [-0.1, -0.05) is 18.2 Å². The standard InChI is InChI=1S/C22H21N5O2/c1-15(28)24-17-8-10-18(11-9-17)25-21(29)19-12-13-23-22(26-19)27-14-4-6-16-5-2-3-7-20(16)27/h2-3,5,7-13H,4,6,14H2,1H3,(H,24,28)(H,25,29). The van der Waals surface area contributed by atoms with Gasteiger partial charge in [0.1, 0.15) is 5.69 Å². The van der Waals surface area contributed by atoms with Gasteiger partial charge in [-0.25, -0.2) is 9.97 Å². The third-order valence-corrected chi connectivity index (χ3v) is 4.69. The van der Waals surface area contributed by atoms with Gasteiger partial charge in [-0.2, -0.15) is 0 Å². The van der Waals surface area contributed by atoms with Crippen molar-refractivity contribution >= 4 is 34.8 Å². The minimum absolute atomic E-state index is 0.144. The van der Waals surface area contributed by atoms with E-state index in [0.29, 0.717) is 23.0 Å². The lowest BCUT2D eigenvalue weighted by Gasteiger charge is -2.29. The lowest BCUT2D eigenvalue weighted by atomic mass is 10.0. The van der Waals surface area contributed by atoms with Crippen molar-refractivity contribution < 1.29 is 9.59 Å². The van der Waals surface area contributed by atoms with Crippen molar-refractivity contribution in [3.8, 4) is 0 Å². The molecular weight excluding hydrogens is 366 g/mol. The zero-order valence-corrected chi connectivity index (χ0v) is 16.1. The molecule has 29 heavy (non-hydrogen) atoms. The van der Waals surface area contributed by atoms with Gasteiger partial charge in [-0.3, -0.25) is 9.59 Å². The summed E-state index contributed by atoms with van der Waals surface area (Å²) in [6.45, 7) is 2.26. The number of hydrogen-bond donors (Lipinski definition) is 2. The fraction of sp³-hybridized carbons (Fsp3) is 0.182. The summed E-state index contributed by atoms with van der Waals surface area (Å²) in [7, 11) is 0. The normalized spacial score (nSPS) is 12.8. The largest absolute Gasteiger partial charge is 0.326 e. The van der Waals surface area contributed by atoms with Gasteiger partial charge in [0.05, 0.1) is 0 Å². The van der Waals surface area contributed by atoms with E-state index in [-0.39, 0.29) is 11.8 Å². The minimum atomic E-state index is -0.314. The molecule has 0 radical (unpaired) electrons. The maximum absolute atomic E-state index is 12.7. The number of fused-ring (bicyclic) bond motifs is 1. The number of aryl methyl sites for hydroxylation is 1. The van der Waals surface area contributed by atoms with Crippen LogP contribution in [0.5, 0.6) is 0 Å². The molecule has 0 unspecified atom stereocenters. The number of carbonyl (C=O) groups excluding carboxylic acids is 2. The molecule has 1 aliphatic heterocycles. The fourth-order valence-electron chi connectivity index (χ4n) is 3.38. The molecule has 0 bridgehead atoms. The van der Waals surface area contributed by atoms with Crippen LogP contribution >= 0.6 is 0 Å². The lowest BCUT2D eigenvalue weighted by molar-refractivity contribution is -0.114. The maximum Gasteiger partial charge on any atom is 0.274 e. The summed E-state index contributed by atoms with van der Waals surface area (Å²) in [5.74, 6) is 0.0617. The Morgan fingerprint density at radius 3 is 2.45 bits per heavy atom. The first-order chi connectivity index (χ1) is 14.1. The number of amides is 2. The molecule has 7 nitrogen and oxygen atoms in total. The minimum Gasteiger partial charge on any atom is -0.326 e. The van der Waals surface area contributed by atoms with E-state index in [9.17, 15) is 9.59 Å². The van der Waals surface area contributed by atoms with Gasteiger partial charge in [0, 0.05) is 36.7 Å². The molecule has 2 heterocycles. The van der Waals surface area contributed by atoms with Crippen LogP contribution in [0.25, 0.3) is 0 Å². The van der Waals surface area contributed by atoms with E-state index in [1.165, 1.54) is 12.5 Å². The number of aromatic nitrogens is 2. The van der Waals surface area contributed by atoms with Crippen LogP contribution in [0.3, 0.4) is 0 Å². The van der Waals surface area contributed by atoms with E-state index in [1.54, 1.807) is 36.5 Å². The molecule has 1 aliphatic rings. The zero-order chi connectivity index (χ0) is 20.2. The first kappa shape index (κ1) is 18.6. The topological polar surface area (TPSA) is 87.2 Å². The smallest absolute Gasteiger partial charge is 0.274 e. The first-order valence-electron chi connectivity index (χ1n) is 9.47. The molecule has 146 valence electrons. The Balaban J connectivity index is 1.52. The number of nitrogens with zero attached hydrogens (tertiary/aromatic N) is 3. The molecule has 2 amide bonds. The van der Waals surface area contributed by atoms with Crippen molar-refractivity contribution in [1.82, 2.24) is 9.97 Å². The van der Waals surface area contributed by atoms with Crippen LogP contribution in [0, 0.1) is 0 Å². The second-order valence-electron chi connectivity index (χ2n) is 6.84. The van der Waals surface area contributed by atoms with Crippen LogP contribution in [-0.4, -0.2) is 28.3 Å². The van der Waals surface area contributed by atoms with Gasteiger partial charge in [0.15, 0.2) is 0 Å². The Kier molecular flexibility index (Phi) is 5.20. The molecule has 0 spiro atoms. The van der Waals surface area contributed by atoms with Crippen LogP contribution in [0.1, 0.15) is 29.4 Å². The van der Waals surface area contributed by atoms with Crippen LogP contribution in [0.15, 0.2) is 60.8 Å². The molecule has 0 fully saturated rings. The number of para-hydroxylation sites is 1. The lowest BCUT2D eigenvalue weighted by Crippen LogP contribution is -2.27. The van der Waals surface area contributed by atoms with Gasteiger partial charge >= 0.3 is 0 Å². The first-order valence-corrected chi connectivity index (χ1v) is 9.47. The molecule has 2 aromatic carbocycles. The van der Waals surface area contributed by atoms with E-state index in [1.807, 2.05) is 12.1 Å². The summed E-state index contributed by atoms with van der Waals surface area (Å²) < 4.78 is 0. The highest BCUT2D eigenvalue weighted by Crippen LogP contribution is 2.31. The molecule has 0 saturated carbocycles. The third-order valence-electron chi connectivity index (χ3n) is 4.69. The van der Waals surface area contributed by atoms with Crippen molar-refractivity contribution in [3.05, 3.63) is 72.1 Å². The highest BCUT2D eigenvalue weighted by atomic mass is 16.2. The van der Waals surface area contributed by atoms with Crippen molar-refractivity contribution in [1.29, 1.82) is 0 Å². The number of hydrogen-bond acceptors (Lipinski definition) is 5. The number of benzene rings is 2. The van der Waals surface area contributed by atoms with E-state index in [0.717, 1.165) is 25.1 Å². The predicted molar refractivity (Wildman–Crippen MR) is 112 cm³/mol. The second-order valence-corrected chi connectivity index (χ2v) is 6.84. The molecular formula is C22H21N5O2. The molecule has 4 rings (SSSR count). The Morgan fingerprint density at radius 1 is 0.966 bits per heavy atom. The molecule has 3 aromatic rings. The number of nitrogens with one attached hydrogen (secondary N) is 2. The summed E-state index contributed by atoms with van der Waals surface area (Å²) >= 11 is 0. The van der Waals surface area contributed by atoms with E-state index < -0.39 is 0 Å². The van der Waals surface area contributed by atoms with E-state index in [4.69, 9.17) is 0 Å². The highest BCUT2D eigenvalue weighted by Gasteiger charge is 2.21. The summed E-state index contributed by atoms with van der Waals surface area (Å²) in [5, 5.41) is 5.52. The summed E-state index contributed by atoms with van der Waals surface area (Å²) in [4.78, 5) is 34.7. The van der Waals surface area contributed by atoms with Crippen LogP contribution < -0.4 is 15.5 Å². The Hall–Kier alpha value is -3.74. The van der Waals surface area contributed by atoms with E-state index >= 15 is 0 Å². The predicted octanol–water partition coefficient (Wildman–Crippen LogP) is 3.77. The average Bonchev–Trinajstić information content (AvgIpc) is 2.74. The Labute approximate surface area is 168 Å². The van der Waals surface area contributed by atoms with Crippen molar-refractivity contribution in [2.45, 2.75) is 19.8 Å². The molecule has 0 saturated heterocycles. The SMILES string of the molecule is CC(=O)Nc1ccc(NC(=O)c2ccnc(N3CCCc4ccccc43)n2)cc1. The van der Waals surface area contributed by atoms with Gasteiger partial charge in [0.25, 0.3) is 5.91 Å². The third kappa shape index (κ3) is 4.24. The fourth-order valence-corrected chi connectivity index (χ4v) is 3.38. The molecule has 0 atom stereocenters. The van der Waals surface area contributed by atoms with Crippen molar-refractivity contribution in [2.75, 3.05) is 22.1 Å². The second kappa shape index (κ2) is 8.10. The van der Waals surface area contributed by atoms with Crippen molar-refractivity contribution in [2.24, 2.45) is 0 Å². The van der Waals surface area contributed by atoms with Gasteiger partial charge < -0.3 is 15.5 Å².